The first-order valence-corrected chi connectivity index (χ1v) is 12.5. The Kier molecular flexibility index (Phi) is 6.70. The number of hydrogen-bond acceptors (Lipinski definition) is 6. The third-order valence-corrected chi connectivity index (χ3v) is 7.37. The van der Waals surface area contributed by atoms with Gasteiger partial charge in [0.15, 0.2) is 5.16 Å². The van der Waals surface area contributed by atoms with Gasteiger partial charge in [0, 0.05) is 31.1 Å². The van der Waals surface area contributed by atoms with Gasteiger partial charge < -0.3 is 4.90 Å². The SMILES string of the molecule is C=CCn1c(SCC(=O)N(C)Cc2ccsc2)nc2scc(-c3ccccc3)c2c1=O. The Bertz CT molecular complexity index is 1260. The molecule has 0 bridgehead atoms. The van der Waals surface area contributed by atoms with Crippen LogP contribution >= 0.6 is 34.4 Å². The maximum absolute atomic E-state index is 13.4. The van der Waals surface area contributed by atoms with Crippen molar-refractivity contribution in [2.24, 2.45) is 0 Å². The molecule has 3 heterocycles. The van der Waals surface area contributed by atoms with Crippen LogP contribution in [-0.2, 0) is 17.9 Å². The Morgan fingerprint density at radius 2 is 2.06 bits per heavy atom. The minimum absolute atomic E-state index is 0.00754. The van der Waals surface area contributed by atoms with E-state index >= 15 is 0 Å². The van der Waals surface area contributed by atoms with Crippen molar-refractivity contribution in [2.75, 3.05) is 12.8 Å². The molecule has 0 atom stereocenters. The van der Waals surface area contributed by atoms with E-state index in [1.165, 1.54) is 23.1 Å². The van der Waals surface area contributed by atoms with Crippen molar-refractivity contribution in [1.82, 2.24) is 14.5 Å². The number of carbonyl (C=O) groups excluding carboxylic acids is 1. The molecule has 0 fully saturated rings. The second-order valence-corrected chi connectivity index (χ2v) is 9.55. The average Bonchev–Trinajstić information content (AvgIpc) is 3.45. The van der Waals surface area contributed by atoms with Gasteiger partial charge >= 0.3 is 0 Å². The van der Waals surface area contributed by atoms with Crippen LogP contribution in [-0.4, -0.2) is 33.2 Å². The van der Waals surface area contributed by atoms with Crippen LogP contribution < -0.4 is 5.56 Å². The van der Waals surface area contributed by atoms with E-state index in [0.29, 0.717) is 28.5 Å². The van der Waals surface area contributed by atoms with E-state index in [1.54, 1.807) is 33.9 Å². The highest BCUT2D eigenvalue weighted by molar-refractivity contribution is 7.99. The molecule has 0 N–H and O–H groups in total. The number of nitrogens with zero attached hydrogens (tertiary/aromatic N) is 3. The van der Waals surface area contributed by atoms with Crippen LogP contribution in [0.25, 0.3) is 21.3 Å². The Balaban J connectivity index is 1.62. The highest BCUT2D eigenvalue weighted by atomic mass is 32.2. The van der Waals surface area contributed by atoms with Crippen molar-refractivity contribution < 1.29 is 4.79 Å². The Labute approximate surface area is 192 Å². The van der Waals surface area contributed by atoms with Crippen LogP contribution in [0.1, 0.15) is 5.56 Å². The number of carbonyl (C=O) groups is 1. The molecule has 3 aromatic heterocycles. The molecule has 4 rings (SSSR count). The molecule has 31 heavy (non-hydrogen) atoms. The van der Waals surface area contributed by atoms with Gasteiger partial charge in [-0.05, 0) is 28.0 Å². The molecule has 0 saturated heterocycles. The highest BCUT2D eigenvalue weighted by Crippen LogP contribution is 2.32. The van der Waals surface area contributed by atoms with Gasteiger partial charge in [0.25, 0.3) is 5.56 Å². The number of amides is 1. The van der Waals surface area contributed by atoms with E-state index in [4.69, 9.17) is 4.98 Å². The molecule has 0 unspecified atom stereocenters. The lowest BCUT2D eigenvalue weighted by Gasteiger charge is -2.17. The molecule has 0 spiro atoms. The van der Waals surface area contributed by atoms with Gasteiger partial charge in [-0.15, -0.1) is 17.9 Å². The number of rotatable bonds is 8. The summed E-state index contributed by atoms with van der Waals surface area (Å²) >= 11 is 4.36. The topological polar surface area (TPSA) is 55.2 Å². The maximum Gasteiger partial charge on any atom is 0.263 e. The van der Waals surface area contributed by atoms with Crippen LogP contribution in [0.4, 0.5) is 0 Å². The number of benzene rings is 1. The smallest absolute Gasteiger partial charge is 0.263 e. The zero-order chi connectivity index (χ0) is 21.8. The van der Waals surface area contributed by atoms with Crippen molar-refractivity contribution in [3.63, 3.8) is 0 Å². The number of hydrogen-bond donors (Lipinski definition) is 0. The first-order valence-electron chi connectivity index (χ1n) is 9.64. The fraction of sp³-hybridized carbons (Fsp3) is 0.174. The number of thioether (sulfide) groups is 1. The van der Waals surface area contributed by atoms with Crippen molar-refractivity contribution in [1.29, 1.82) is 0 Å². The number of allylic oxidation sites excluding steroid dienone is 1. The lowest BCUT2D eigenvalue weighted by molar-refractivity contribution is -0.127. The van der Waals surface area contributed by atoms with E-state index < -0.39 is 0 Å². The summed E-state index contributed by atoms with van der Waals surface area (Å²) in [5.74, 6) is 0.207. The van der Waals surface area contributed by atoms with Crippen LogP contribution in [0, 0.1) is 0 Å². The number of thiophene rings is 2. The molecule has 5 nitrogen and oxygen atoms in total. The molecular weight excluding hydrogens is 446 g/mol. The molecule has 158 valence electrons. The minimum Gasteiger partial charge on any atom is -0.341 e. The van der Waals surface area contributed by atoms with Crippen molar-refractivity contribution in [3.8, 4) is 11.1 Å². The zero-order valence-corrected chi connectivity index (χ0v) is 19.4. The monoisotopic (exact) mass is 467 g/mol. The Morgan fingerprint density at radius 1 is 1.26 bits per heavy atom. The maximum atomic E-state index is 13.4. The normalized spacial score (nSPS) is 11.0. The molecule has 8 heteroatoms. The van der Waals surface area contributed by atoms with E-state index in [2.05, 4.69) is 6.58 Å². The van der Waals surface area contributed by atoms with Crippen molar-refractivity contribution in [3.05, 3.63) is 81.1 Å². The fourth-order valence-electron chi connectivity index (χ4n) is 3.22. The zero-order valence-electron chi connectivity index (χ0n) is 17.0. The molecule has 0 aliphatic carbocycles. The van der Waals surface area contributed by atoms with E-state index in [-0.39, 0.29) is 17.2 Å². The Hall–Kier alpha value is -2.68. The van der Waals surface area contributed by atoms with Gasteiger partial charge in [-0.2, -0.15) is 11.3 Å². The van der Waals surface area contributed by atoms with E-state index in [0.717, 1.165) is 16.7 Å². The molecule has 0 radical (unpaired) electrons. The standard InChI is InChI=1S/C23H21N3O2S3/c1-3-10-26-22(28)20-18(17-7-5-4-6-8-17)14-30-21(20)24-23(26)31-15-19(27)25(2)12-16-9-11-29-13-16/h3-9,11,13-14H,1,10,12,15H2,2H3. The van der Waals surface area contributed by atoms with Crippen molar-refractivity contribution in [2.45, 2.75) is 18.2 Å². The first-order chi connectivity index (χ1) is 15.1. The van der Waals surface area contributed by atoms with Crippen LogP contribution in [0.5, 0.6) is 0 Å². The summed E-state index contributed by atoms with van der Waals surface area (Å²) < 4.78 is 1.60. The third-order valence-electron chi connectivity index (χ3n) is 4.81. The van der Waals surface area contributed by atoms with Gasteiger partial charge in [-0.3, -0.25) is 14.2 Å². The summed E-state index contributed by atoms with van der Waals surface area (Å²) in [4.78, 5) is 33.1. The summed E-state index contributed by atoms with van der Waals surface area (Å²) in [5, 5.41) is 7.16. The average molecular weight is 468 g/mol. The van der Waals surface area contributed by atoms with Crippen molar-refractivity contribution >= 4 is 50.6 Å². The third kappa shape index (κ3) is 4.66. The molecular formula is C23H21N3O2S3. The molecule has 0 aliphatic heterocycles. The van der Waals surface area contributed by atoms with Gasteiger partial charge in [-0.25, -0.2) is 4.98 Å². The van der Waals surface area contributed by atoms with E-state index in [9.17, 15) is 9.59 Å². The molecule has 1 amide bonds. The first kappa shape index (κ1) is 21.5. The lowest BCUT2D eigenvalue weighted by atomic mass is 10.1. The summed E-state index contributed by atoms with van der Waals surface area (Å²) in [6.07, 6.45) is 1.68. The molecule has 4 aromatic rings. The summed E-state index contributed by atoms with van der Waals surface area (Å²) in [7, 11) is 1.79. The van der Waals surface area contributed by atoms with Crippen LogP contribution in [0.3, 0.4) is 0 Å². The number of fused-ring (bicyclic) bond motifs is 1. The predicted octanol–water partition coefficient (Wildman–Crippen LogP) is 5.12. The summed E-state index contributed by atoms with van der Waals surface area (Å²) in [6.45, 7) is 4.69. The predicted molar refractivity (Wildman–Crippen MR) is 131 cm³/mol. The lowest BCUT2D eigenvalue weighted by Crippen LogP contribution is -2.28. The second-order valence-electron chi connectivity index (χ2n) is 6.96. The van der Waals surface area contributed by atoms with E-state index in [1.807, 2.05) is 52.5 Å². The largest absolute Gasteiger partial charge is 0.341 e. The second kappa shape index (κ2) is 9.64. The van der Waals surface area contributed by atoms with Gasteiger partial charge in [-0.1, -0.05) is 48.2 Å². The van der Waals surface area contributed by atoms with Gasteiger partial charge in [0.05, 0.1) is 11.1 Å². The highest BCUT2D eigenvalue weighted by Gasteiger charge is 2.18. The molecule has 0 aliphatic rings. The number of aromatic nitrogens is 2. The fourth-order valence-corrected chi connectivity index (χ4v) is 5.81. The molecule has 1 aromatic carbocycles. The quantitative estimate of drug-likeness (QED) is 0.205. The Morgan fingerprint density at radius 3 is 2.77 bits per heavy atom. The minimum atomic E-state index is -0.105. The molecule has 0 saturated carbocycles. The van der Waals surface area contributed by atoms with Crippen LogP contribution in [0.2, 0.25) is 0 Å². The van der Waals surface area contributed by atoms with Crippen LogP contribution in [0.15, 0.2) is 75.1 Å². The van der Waals surface area contributed by atoms with Gasteiger partial charge in [0.1, 0.15) is 4.83 Å². The van der Waals surface area contributed by atoms with Gasteiger partial charge in [0.2, 0.25) is 5.91 Å². The summed E-state index contributed by atoms with van der Waals surface area (Å²) in [5.41, 5.74) is 2.88. The summed E-state index contributed by atoms with van der Waals surface area (Å²) in [6, 6.07) is 11.9.